The van der Waals surface area contributed by atoms with Gasteiger partial charge in [0.15, 0.2) is 0 Å². The molecule has 1 aromatic carbocycles. The molecule has 0 bridgehead atoms. The molecule has 0 spiro atoms. The maximum absolute atomic E-state index is 9.97. The maximum atomic E-state index is 9.97. The molecular formula is C13H20N2O2S. The molecule has 0 aromatic heterocycles. The molecule has 0 fully saturated rings. The van der Waals surface area contributed by atoms with Crippen LogP contribution in [0.3, 0.4) is 0 Å². The maximum Gasteiger partial charge on any atom is 0.106 e. The molecule has 100 valence electrons. The molecular weight excluding hydrogens is 248 g/mol. The van der Waals surface area contributed by atoms with Crippen LogP contribution in [0.25, 0.3) is 0 Å². The van der Waals surface area contributed by atoms with E-state index in [2.05, 4.69) is 0 Å². The second-order valence-corrected chi connectivity index (χ2v) is 5.98. The average Bonchev–Trinajstić information content (AvgIpc) is 2.26. The van der Waals surface area contributed by atoms with E-state index < -0.39 is 11.2 Å². The number of aliphatic hydroxyl groups is 1. The van der Waals surface area contributed by atoms with Gasteiger partial charge in [-0.3, -0.25) is 0 Å². The second kappa shape index (κ2) is 5.30. The smallest absolute Gasteiger partial charge is 0.106 e. The van der Waals surface area contributed by atoms with E-state index in [9.17, 15) is 5.11 Å². The molecule has 5 heteroatoms. The van der Waals surface area contributed by atoms with E-state index in [1.807, 2.05) is 19.9 Å². The SMILES string of the molecule is CC(C)(O)C(C)(C)OSc1ccc(N)c(C=N)c1. The Bertz CT molecular complexity index is 439. The van der Waals surface area contributed by atoms with E-state index in [1.165, 1.54) is 18.3 Å². The normalized spacial score (nSPS) is 12.5. The molecule has 0 unspecified atom stereocenters. The molecule has 0 aliphatic rings. The lowest BCUT2D eigenvalue weighted by Gasteiger charge is -2.35. The Labute approximate surface area is 112 Å². The van der Waals surface area contributed by atoms with Gasteiger partial charge < -0.3 is 20.4 Å². The van der Waals surface area contributed by atoms with Gasteiger partial charge in [-0.25, -0.2) is 0 Å². The van der Waals surface area contributed by atoms with Crippen molar-refractivity contribution in [3.63, 3.8) is 0 Å². The van der Waals surface area contributed by atoms with E-state index >= 15 is 0 Å². The summed E-state index contributed by atoms with van der Waals surface area (Å²) in [7, 11) is 0. The van der Waals surface area contributed by atoms with Crippen LogP contribution in [0.1, 0.15) is 33.3 Å². The monoisotopic (exact) mass is 268 g/mol. The average molecular weight is 268 g/mol. The predicted molar refractivity (Wildman–Crippen MR) is 76.1 cm³/mol. The van der Waals surface area contributed by atoms with Crippen LogP contribution < -0.4 is 5.73 Å². The van der Waals surface area contributed by atoms with Crippen molar-refractivity contribution in [2.24, 2.45) is 0 Å². The van der Waals surface area contributed by atoms with Gasteiger partial charge in [-0.2, -0.15) is 0 Å². The number of anilines is 1. The van der Waals surface area contributed by atoms with Crippen molar-refractivity contribution in [3.8, 4) is 0 Å². The third kappa shape index (κ3) is 3.48. The first-order chi connectivity index (χ1) is 8.17. The molecule has 0 aliphatic carbocycles. The minimum absolute atomic E-state index is 0.566. The highest BCUT2D eigenvalue weighted by molar-refractivity contribution is 7.94. The summed E-state index contributed by atoms with van der Waals surface area (Å²) < 4.78 is 5.67. The lowest BCUT2D eigenvalue weighted by Crippen LogP contribution is -2.45. The van der Waals surface area contributed by atoms with Gasteiger partial charge in [-0.15, -0.1) is 0 Å². The van der Waals surface area contributed by atoms with Gasteiger partial charge >= 0.3 is 0 Å². The Balaban J connectivity index is 2.78. The topological polar surface area (TPSA) is 79.3 Å². The molecule has 0 radical (unpaired) electrons. The second-order valence-electron chi connectivity index (χ2n) is 5.17. The zero-order chi connectivity index (χ0) is 14.0. The van der Waals surface area contributed by atoms with Crippen LogP contribution in [-0.4, -0.2) is 22.5 Å². The molecule has 0 saturated heterocycles. The summed E-state index contributed by atoms with van der Waals surface area (Å²) in [6.45, 7) is 7.07. The number of nitrogens with two attached hydrogens (primary N) is 1. The summed E-state index contributed by atoms with van der Waals surface area (Å²) in [5.41, 5.74) is 5.30. The third-order valence-electron chi connectivity index (χ3n) is 3.03. The first-order valence-corrected chi connectivity index (χ1v) is 6.39. The Hall–Kier alpha value is -1.04. The molecule has 1 rings (SSSR count). The Kier molecular flexibility index (Phi) is 4.42. The van der Waals surface area contributed by atoms with Gasteiger partial charge in [0, 0.05) is 34.4 Å². The summed E-state index contributed by atoms with van der Waals surface area (Å²) in [6, 6.07) is 5.35. The molecule has 4 nitrogen and oxygen atoms in total. The highest BCUT2D eigenvalue weighted by Gasteiger charge is 2.36. The minimum atomic E-state index is -0.946. The summed E-state index contributed by atoms with van der Waals surface area (Å²) in [5, 5.41) is 17.2. The van der Waals surface area contributed by atoms with Gasteiger partial charge in [0.1, 0.15) is 5.60 Å². The van der Waals surface area contributed by atoms with Crippen LogP contribution in [0.5, 0.6) is 0 Å². The van der Waals surface area contributed by atoms with Crippen molar-refractivity contribution in [1.29, 1.82) is 5.41 Å². The first-order valence-electron chi connectivity index (χ1n) is 5.65. The molecule has 1 aromatic rings. The van der Waals surface area contributed by atoms with Crippen LogP contribution in [0.2, 0.25) is 0 Å². The number of nitrogens with one attached hydrogen (secondary N) is 1. The highest BCUT2D eigenvalue weighted by atomic mass is 32.2. The summed E-state index contributed by atoms with van der Waals surface area (Å²) in [4.78, 5) is 0.847. The van der Waals surface area contributed by atoms with Crippen molar-refractivity contribution in [3.05, 3.63) is 23.8 Å². The van der Waals surface area contributed by atoms with Gasteiger partial charge in [-0.05, 0) is 45.9 Å². The van der Waals surface area contributed by atoms with Gasteiger partial charge in [0.25, 0.3) is 0 Å². The van der Waals surface area contributed by atoms with Crippen molar-refractivity contribution < 1.29 is 9.29 Å². The van der Waals surface area contributed by atoms with Gasteiger partial charge in [0.05, 0.1) is 5.60 Å². The molecule has 0 heterocycles. The molecule has 0 aliphatic heterocycles. The van der Waals surface area contributed by atoms with E-state index in [0.717, 1.165) is 4.90 Å². The first kappa shape index (κ1) is 15.0. The van der Waals surface area contributed by atoms with E-state index in [0.29, 0.717) is 11.3 Å². The standard InChI is InChI=1S/C13H20N2O2S/c1-12(2,16)13(3,4)17-18-10-5-6-11(15)9(7-10)8-14/h5-8,14,16H,15H2,1-4H3. The Morgan fingerprint density at radius 2 is 1.94 bits per heavy atom. The summed E-state index contributed by atoms with van der Waals surface area (Å²) >= 11 is 1.17. The lowest BCUT2D eigenvalue weighted by molar-refractivity contribution is -0.0813. The number of hydrogen-bond donors (Lipinski definition) is 3. The Morgan fingerprint density at radius 3 is 2.44 bits per heavy atom. The molecule has 18 heavy (non-hydrogen) atoms. The van der Waals surface area contributed by atoms with Crippen LogP contribution in [0, 0.1) is 5.41 Å². The van der Waals surface area contributed by atoms with Gasteiger partial charge in [-0.1, -0.05) is 0 Å². The van der Waals surface area contributed by atoms with Crippen LogP contribution in [0.4, 0.5) is 5.69 Å². The van der Waals surface area contributed by atoms with Crippen molar-refractivity contribution in [2.45, 2.75) is 43.8 Å². The Morgan fingerprint density at radius 1 is 1.33 bits per heavy atom. The lowest BCUT2D eigenvalue weighted by atomic mass is 9.90. The summed E-state index contributed by atoms with van der Waals surface area (Å²) in [5.74, 6) is 0. The quantitative estimate of drug-likeness (QED) is 0.436. The van der Waals surface area contributed by atoms with Crippen molar-refractivity contribution in [2.75, 3.05) is 5.73 Å². The minimum Gasteiger partial charge on any atom is -0.398 e. The van der Waals surface area contributed by atoms with Crippen molar-refractivity contribution >= 4 is 23.9 Å². The zero-order valence-electron chi connectivity index (χ0n) is 11.2. The van der Waals surface area contributed by atoms with Crippen LogP contribution in [0.15, 0.2) is 23.1 Å². The van der Waals surface area contributed by atoms with E-state index in [4.69, 9.17) is 15.3 Å². The number of hydrogen-bond acceptors (Lipinski definition) is 5. The predicted octanol–water partition coefficient (Wildman–Crippen LogP) is 2.84. The number of benzene rings is 1. The molecule has 0 atom stereocenters. The van der Waals surface area contributed by atoms with Crippen LogP contribution in [-0.2, 0) is 4.18 Å². The summed E-state index contributed by atoms with van der Waals surface area (Å²) in [6.07, 6.45) is 1.21. The number of rotatable bonds is 5. The molecule has 0 amide bonds. The fraction of sp³-hybridized carbons (Fsp3) is 0.462. The van der Waals surface area contributed by atoms with E-state index in [1.54, 1.807) is 26.0 Å². The van der Waals surface area contributed by atoms with E-state index in [-0.39, 0.29) is 0 Å². The third-order valence-corrected chi connectivity index (χ3v) is 3.98. The highest BCUT2D eigenvalue weighted by Crippen LogP contribution is 2.33. The van der Waals surface area contributed by atoms with Gasteiger partial charge in [0.2, 0.25) is 0 Å². The fourth-order valence-corrected chi connectivity index (χ4v) is 1.79. The largest absolute Gasteiger partial charge is 0.398 e. The van der Waals surface area contributed by atoms with Crippen molar-refractivity contribution in [1.82, 2.24) is 0 Å². The number of nitrogen functional groups attached to an aromatic ring is 1. The fourth-order valence-electron chi connectivity index (χ4n) is 0.984. The molecule has 0 saturated carbocycles. The zero-order valence-corrected chi connectivity index (χ0v) is 12.0. The molecule has 4 N–H and O–H groups in total. The van der Waals surface area contributed by atoms with Crippen LogP contribution >= 0.6 is 12.0 Å².